The molecule has 0 N–H and O–H groups in total. The van der Waals surface area contributed by atoms with Gasteiger partial charge in [0.15, 0.2) is 6.61 Å². The molecule has 3 aromatic rings. The Balaban J connectivity index is 1.49. The van der Waals surface area contributed by atoms with Gasteiger partial charge in [0.25, 0.3) is 11.8 Å². The molecule has 0 saturated heterocycles. The zero-order valence-corrected chi connectivity index (χ0v) is 18.9. The first kappa shape index (κ1) is 22.4. The number of aryl methyl sites for hydroxylation is 1. The van der Waals surface area contributed by atoms with Crippen molar-refractivity contribution in [2.24, 2.45) is 0 Å². The van der Waals surface area contributed by atoms with E-state index in [4.69, 9.17) is 9.47 Å². The number of esters is 1. The van der Waals surface area contributed by atoms with Crippen LogP contribution in [0.2, 0.25) is 0 Å². The third-order valence-electron chi connectivity index (χ3n) is 5.32. The molecule has 0 unspecified atom stereocenters. The van der Waals surface area contributed by atoms with Crippen molar-refractivity contribution in [1.82, 2.24) is 4.90 Å². The zero-order chi connectivity index (χ0) is 23.5. The van der Waals surface area contributed by atoms with Gasteiger partial charge in [-0.05, 0) is 48.4 Å². The van der Waals surface area contributed by atoms with E-state index in [9.17, 15) is 19.2 Å². The Bertz CT molecular complexity index is 1230. The van der Waals surface area contributed by atoms with Crippen LogP contribution in [-0.4, -0.2) is 42.2 Å². The molecule has 0 bridgehead atoms. The van der Waals surface area contributed by atoms with Crippen molar-refractivity contribution in [3.05, 3.63) is 86.6 Å². The maximum atomic E-state index is 12.7. The molecule has 0 atom stereocenters. The topological polar surface area (TPSA) is 90.0 Å². The van der Waals surface area contributed by atoms with Gasteiger partial charge in [-0.2, -0.15) is 0 Å². The van der Waals surface area contributed by atoms with Crippen molar-refractivity contribution in [2.45, 2.75) is 19.9 Å². The van der Waals surface area contributed by atoms with Crippen molar-refractivity contribution >= 4 is 34.9 Å². The number of Topliss-reactive ketones (excluding diaryl/α,β-unsaturated/α-hetero) is 1. The molecule has 33 heavy (non-hydrogen) atoms. The fourth-order valence-corrected chi connectivity index (χ4v) is 4.45. The first-order valence-electron chi connectivity index (χ1n) is 10.3. The highest BCUT2D eigenvalue weighted by Crippen LogP contribution is 2.27. The zero-order valence-electron chi connectivity index (χ0n) is 18.1. The van der Waals surface area contributed by atoms with Crippen molar-refractivity contribution in [3.63, 3.8) is 0 Å². The van der Waals surface area contributed by atoms with Crippen LogP contribution in [0.1, 0.15) is 58.1 Å². The summed E-state index contributed by atoms with van der Waals surface area (Å²) in [5, 5.41) is 0. The van der Waals surface area contributed by atoms with Crippen molar-refractivity contribution < 1.29 is 28.7 Å². The molecule has 168 valence electrons. The van der Waals surface area contributed by atoms with E-state index in [1.807, 2.05) is 13.0 Å². The molecule has 8 heteroatoms. The van der Waals surface area contributed by atoms with Gasteiger partial charge in [0.05, 0.1) is 29.7 Å². The summed E-state index contributed by atoms with van der Waals surface area (Å²) in [7, 11) is 1.42. The van der Waals surface area contributed by atoms with Crippen LogP contribution >= 0.6 is 11.3 Å². The largest absolute Gasteiger partial charge is 0.496 e. The van der Waals surface area contributed by atoms with Gasteiger partial charge < -0.3 is 9.47 Å². The van der Waals surface area contributed by atoms with Crippen LogP contribution < -0.4 is 4.74 Å². The quantitative estimate of drug-likeness (QED) is 0.283. The Labute approximate surface area is 194 Å². The number of ketones is 1. The van der Waals surface area contributed by atoms with Gasteiger partial charge in [-0.15, -0.1) is 11.3 Å². The molecule has 0 fully saturated rings. The maximum Gasteiger partial charge on any atom is 0.342 e. The minimum atomic E-state index is -0.725. The molecule has 0 radical (unpaired) electrons. The van der Waals surface area contributed by atoms with E-state index in [1.165, 1.54) is 24.5 Å². The monoisotopic (exact) mass is 463 g/mol. The van der Waals surface area contributed by atoms with Crippen molar-refractivity contribution in [1.29, 1.82) is 0 Å². The number of thiophene rings is 1. The number of ether oxygens (including phenoxy) is 2. The highest BCUT2D eigenvalue weighted by Gasteiger charge is 2.35. The number of carbonyl (C=O) groups excluding carboxylic acids is 4. The number of methoxy groups -OCH3 is 1. The summed E-state index contributed by atoms with van der Waals surface area (Å²) in [6.45, 7) is 1.60. The number of carbonyl (C=O) groups is 4. The molecule has 0 aliphatic carbocycles. The Morgan fingerprint density at radius 1 is 0.970 bits per heavy atom. The molecular weight excluding hydrogens is 442 g/mol. The van der Waals surface area contributed by atoms with Crippen LogP contribution in [0.4, 0.5) is 0 Å². The summed E-state index contributed by atoms with van der Waals surface area (Å²) >= 11 is 1.38. The van der Waals surface area contributed by atoms with E-state index < -0.39 is 12.6 Å². The van der Waals surface area contributed by atoms with Gasteiger partial charge in [-0.3, -0.25) is 19.3 Å². The summed E-state index contributed by atoms with van der Waals surface area (Å²) in [6, 6.07) is 15.0. The molecule has 0 saturated carbocycles. The van der Waals surface area contributed by atoms with E-state index in [-0.39, 0.29) is 35.5 Å². The second kappa shape index (κ2) is 9.38. The van der Waals surface area contributed by atoms with Crippen LogP contribution in [-0.2, 0) is 17.7 Å². The lowest BCUT2D eigenvalue weighted by molar-refractivity contribution is 0.0472. The number of nitrogens with zero attached hydrogens (tertiary/aromatic N) is 1. The van der Waals surface area contributed by atoms with E-state index in [0.717, 1.165) is 16.2 Å². The Hall–Kier alpha value is -3.78. The lowest BCUT2D eigenvalue weighted by Gasteiger charge is -2.15. The van der Waals surface area contributed by atoms with Gasteiger partial charge in [-0.1, -0.05) is 25.1 Å². The molecule has 1 aliphatic rings. The fraction of sp³-hybridized carbons (Fsp3) is 0.200. The molecule has 1 aromatic heterocycles. The summed E-state index contributed by atoms with van der Waals surface area (Å²) in [6.07, 6.45) is 0.828. The van der Waals surface area contributed by atoms with Gasteiger partial charge in [0.2, 0.25) is 5.78 Å². The third kappa shape index (κ3) is 4.42. The minimum absolute atomic E-state index is 0.00938. The Morgan fingerprint density at radius 3 is 2.27 bits per heavy atom. The van der Waals surface area contributed by atoms with Crippen LogP contribution in [0.5, 0.6) is 5.75 Å². The first-order chi connectivity index (χ1) is 15.9. The summed E-state index contributed by atoms with van der Waals surface area (Å²) in [5.41, 5.74) is 1.37. The van der Waals surface area contributed by atoms with Crippen LogP contribution in [0.25, 0.3) is 0 Å². The average Bonchev–Trinajstić information content (AvgIpc) is 3.42. The molecule has 4 rings (SSSR count). The molecule has 7 nitrogen and oxygen atoms in total. The average molecular weight is 464 g/mol. The lowest BCUT2D eigenvalue weighted by atomic mass is 10.1. The second-order valence-electron chi connectivity index (χ2n) is 7.40. The summed E-state index contributed by atoms with van der Waals surface area (Å²) in [5.74, 6) is -1.51. The number of fused-ring (bicyclic) bond motifs is 1. The summed E-state index contributed by atoms with van der Waals surface area (Å²) < 4.78 is 10.5. The predicted octanol–water partition coefficient (Wildman–Crippen LogP) is 4.16. The number of benzene rings is 2. The number of hydrogen-bond acceptors (Lipinski definition) is 7. The first-order valence-corrected chi connectivity index (χ1v) is 11.2. The molecule has 2 aromatic carbocycles. The standard InChI is InChI=1S/C25H21NO6S/c1-3-16-9-11-22(33-16)20(27)14-32-25(30)19-12-15(8-10-21(19)31-2)13-26-23(28)17-6-4-5-7-18(17)24(26)29/h4-12H,3,13-14H2,1-2H3. The SMILES string of the molecule is CCc1ccc(C(=O)COC(=O)c2cc(CN3C(=O)c4ccccc4C3=O)ccc2OC)s1. The molecule has 0 spiro atoms. The van der Waals surface area contributed by atoms with Gasteiger partial charge in [0, 0.05) is 4.88 Å². The van der Waals surface area contributed by atoms with Crippen molar-refractivity contribution in [3.8, 4) is 5.75 Å². The minimum Gasteiger partial charge on any atom is -0.496 e. The van der Waals surface area contributed by atoms with Crippen LogP contribution in [0.3, 0.4) is 0 Å². The highest BCUT2D eigenvalue weighted by molar-refractivity contribution is 7.14. The smallest absolute Gasteiger partial charge is 0.342 e. The van der Waals surface area contributed by atoms with Gasteiger partial charge in [0.1, 0.15) is 11.3 Å². The third-order valence-corrected chi connectivity index (χ3v) is 6.59. The van der Waals surface area contributed by atoms with E-state index >= 15 is 0 Å². The normalized spacial score (nSPS) is 12.6. The van der Waals surface area contributed by atoms with Crippen LogP contribution in [0.15, 0.2) is 54.6 Å². The highest BCUT2D eigenvalue weighted by atomic mass is 32.1. The fourth-order valence-electron chi connectivity index (χ4n) is 3.58. The van der Waals surface area contributed by atoms with Gasteiger partial charge >= 0.3 is 5.97 Å². The van der Waals surface area contributed by atoms with Gasteiger partial charge in [-0.25, -0.2) is 4.79 Å². The number of rotatable bonds is 8. The Kier molecular flexibility index (Phi) is 6.37. The number of hydrogen-bond donors (Lipinski definition) is 0. The van der Waals surface area contributed by atoms with Crippen molar-refractivity contribution in [2.75, 3.05) is 13.7 Å². The molecular formula is C25H21NO6S. The van der Waals surface area contributed by atoms with Crippen LogP contribution in [0, 0.1) is 0 Å². The number of imide groups is 1. The molecule has 1 aliphatic heterocycles. The lowest BCUT2D eigenvalue weighted by Crippen LogP contribution is -2.29. The number of amides is 2. The van der Waals surface area contributed by atoms with E-state index in [2.05, 4.69) is 0 Å². The van der Waals surface area contributed by atoms with E-state index in [1.54, 1.807) is 42.5 Å². The second-order valence-corrected chi connectivity index (χ2v) is 8.56. The predicted molar refractivity (Wildman–Crippen MR) is 122 cm³/mol. The Morgan fingerprint density at radius 2 is 1.67 bits per heavy atom. The van der Waals surface area contributed by atoms with E-state index in [0.29, 0.717) is 21.6 Å². The molecule has 2 heterocycles. The summed E-state index contributed by atoms with van der Waals surface area (Å²) in [4.78, 5) is 53.1. The maximum absolute atomic E-state index is 12.7. The molecule has 2 amide bonds.